The van der Waals surface area contributed by atoms with Gasteiger partial charge >= 0.3 is 6.16 Å². The molecular weight excluding hydrogens is 330 g/mol. The first kappa shape index (κ1) is 20.6. The van der Waals surface area contributed by atoms with Gasteiger partial charge in [0.05, 0.1) is 19.3 Å². The van der Waals surface area contributed by atoms with Crippen LogP contribution >= 0.6 is 0 Å². The highest BCUT2D eigenvalue weighted by Gasteiger charge is 2.41. The van der Waals surface area contributed by atoms with Gasteiger partial charge in [-0.1, -0.05) is 19.1 Å². The lowest BCUT2D eigenvalue weighted by molar-refractivity contribution is 0.0397. The normalized spacial score (nSPS) is 23.7. The van der Waals surface area contributed by atoms with Crippen LogP contribution in [0.1, 0.15) is 46.1 Å². The Labute approximate surface area is 157 Å². The Bertz CT molecular complexity index is 589. The molecule has 0 aromatic heterocycles. The molecule has 0 bridgehead atoms. The second kappa shape index (κ2) is 9.26. The van der Waals surface area contributed by atoms with E-state index in [1.165, 1.54) is 5.56 Å². The molecule has 5 nitrogen and oxygen atoms in total. The molecule has 1 aromatic rings. The highest BCUT2D eigenvalue weighted by atomic mass is 16.7. The maximum absolute atomic E-state index is 11.6. The Hall–Kier alpha value is -1.75. The van der Waals surface area contributed by atoms with Crippen molar-refractivity contribution in [1.29, 1.82) is 0 Å². The average Bonchev–Trinajstić information content (AvgIpc) is 2.57. The van der Waals surface area contributed by atoms with Crippen molar-refractivity contribution in [3.8, 4) is 5.75 Å². The molecule has 2 rings (SSSR count). The molecule has 26 heavy (non-hydrogen) atoms. The van der Waals surface area contributed by atoms with Crippen molar-refractivity contribution in [3.05, 3.63) is 29.8 Å². The zero-order valence-corrected chi connectivity index (χ0v) is 16.8. The zero-order valence-electron chi connectivity index (χ0n) is 16.8. The smallest absolute Gasteiger partial charge is 0.491 e. The minimum atomic E-state index is -0.583. The molecule has 2 atom stereocenters. The number of benzene rings is 1. The Morgan fingerprint density at radius 1 is 1.35 bits per heavy atom. The van der Waals surface area contributed by atoms with E-state index in [-0.39, 0.29) is 11.5 Å². The summed E-state index contributed by atoms with van der Waals surface area (Å²) in [5, 5.41) is 0. The Morgan fingerprint density at radius 2 is 2.12 bits per heavy atom. The van der Waals surface area contributed by atoms with Crippen LogP contribution < -0.4 is 4.74 Å². The van der Waals surface area contributed by atoms with E-state index in [1.54, 1.807) is 6.92 Å². The largest absolute Gasteiger partial charge is 0.508 e. The summed E-state index contributed by atoms with van der Waals surface area (Å²) in [5.41, 5.74) is 1.23. The first-order valence-electron chi connectivity index (χ1n) is 9.62. The lowest BCUT2D eigenvalue weighted by Crippen LogP contribution is -2.48. The molecule has 0 amide bonds. The van der Waals surface area contributed by atoms with Crippen LogP contribution in [0.3, 0.4) is 0 Å². The molecule has 1 aliphatic rings. The van der Waals surface area contributed by atoms with Crippen molar-refractivity contribution < 1.29 is 19.0 Å². The first-order chi connectivity index (χ1) is 12.4. The second-order valence-corrected chi connectivity index (χ2v) is 7.55. The van der Waals surface area contributed by atoms with E-state index >= 15 is 0 Å². The molecule has 0 unspecified atom stereocenters. The van der Waals surface area contributed by atoms with Crippen molar-refractivity contribution in [2.45, 2.75) is 52.1 Å². The third kappa shape index (κ3) is 5.13. The van der Waals surface area contributed by atoms with Crippen molar-refractivity contribution in [2.75, 3.05) is 33.4 Å². The summed E-state index contributed by atoms with van der Waals surface area (Å²) in [6.07, 6.45) is 1.37. The van der Waals surface area contributed by atoms with Crippen LogP contribution in [-0.4, -0.2) is 50.5 Å². The fraction of sp³-hybridized carbons (Fsp3) is 0.667. The Balaban J connectivity index is 2.22. The third-order valence-electron chi connectivity index (χ3n) is 5.28. The molecule has 1 fully saturated rings. The molecule has 1 aromatic carbocycles. The number of hydrogen-bond acceptors (Lipinski definition) is 5. The number of carbonyl (C=O) groups is 1. The summed E-state index contributed by atoms with van der Waals surface area (Å²) in [5.74, 6) is 1.34. The van der Waals surface area contributed by atoms with Gasteiger partial charge in [-0.15, -0.1) is 0 Å². The minimum Gasteiger partial charge on any atom is -0.491 e. The van der Waals surface area contributed by atoms with E-state index in [1.807, 2.05) is 19.9 Å². The van der Waals surface area contributed by atoms with Crippen LogP contribution in [0.15, 0.2) is 24.3 Å². The van der Waals surface area contributed by atoms with E-state index in [4.69, 9.17) is 14.2 Å². The molecule has 0 aliphatic carbocycles. The Morgan fingerprint density at radius 3 is 2.77 bits per heavy atom. The van der Waals surface area contributed by atoms with Crippen LogP contribution in [0.4, 0.5) is 4.79 Å². The molecule has 0 spiro atoms. The van der Waals surface area contributed by atoms with Gasteiger partial charge in [0.2, 0.25) is 0 Å². The van der Waals surface area contributed by atoms with Gasteiger partial charge in [0.1, 0.15) is 5.75 Å². The fourth-order valence-corrected chi connectivity index (χ4v) is 3.94. The number of piperidine rings is 1. The molecule has 0 saturated carbocycles. The van der Waals surface area contributed by atoms with Crippen LogP contribution in [0, 0.1) is 5.92 Å². The van der Waals surface area contributed by atoms with Crippen molar-refractivity contribution in [3.63, 3.8) is 0 Å². The van der Waals surface area contributed by atoms with Gasteiger partial charge < -0.3 is 19.1 Å². The summed E-state index contributed by atoms with van der Waals surface area (Å²) in [6.45, 7) is 10.9. The second-order valence-electron chi connectivity index (χ2n) is 7.55. The van der Waals surface area contributed by atoms with Gasteiger partial charge in [-0.05, 0) is 70.8 Å². The lowest BCUT2D eigenvalue weighted by atomic mass is 9.64. The van der Waals surface area contributed by atoms with Crippen LogP contribution in [0.5, 0.6) is 5.75 Å². The number of carbonyl (C=O) groups excluding carboxylic acids is 1. The van der Waals surface area contributed by atoms with Gasteiger partial charge in [0.15, 0.2) is 0 Å². The minimum absolute atomic E-state index is 0.0324. The fourth-order valence-electron chi connectivity index (χ4n) is 3.94. The molecular formula is C21H33NO4. The maximum atomic E-state index is 11.6. The lowest BCUT2D eigenvalue weighted by Gasteiger charge is -2.46. The maximum Gasteiger partial charge on any atom is 0.508 e. The van der Waals surface area contributed by atoms with Crippen molar-refractivity contribution in [1.82, 2.24) is 4.90 Å². The van der Waals surface area contributed by atoms with Gasteiger partial charge in [-0.2, -0.15) is 0 Å². The topological polar surface area (TPSA) is 48.0 Å². The SMILES string of the molecule is CCOC(=O)OCC[C@]1(c2cccc(OC(C)C)c2)CCN(C)C[C@H]1C. The highest BCUT2D eigenvalue weighted by molar-refractivity contribution is 5.59. The number of rotatable bonds is 7. The predicted octanol–water partition coefficient (Wildman–Crippen LogP) is 4.25. The van der Waals surface area contributed by atoms with E-state index in [0.29, 0.717) is 19.1 Å². The molecule has 146 valence electrons. The Kier molecular flexibility index (Phi) is 7.33. The molecule has 0 radical (unpaired) electrons. The van der Waals surface area contributed by atoms with Gasteiger partial charge in [0, 0.05) is 12.0 Å². The summed E-state index contributed by atoms with van der Waals surface area (Å²) in [7, 11) is 2.16. The summed E-state index contributed by atoms with van der Waals surface area (Å²) < 4.78 is 16.1. The van der Waals surface area contributed by atoms with E-state index in [2.05, 4.69) is 37.1 Å². The summed E-state index contributed by atoms with van der Waals surface area (Å²) in [4.78, 5) is 13.9. The predicted molar refractivity (Wildman–Crippen MR) is 103 cm³/mol. The van der Waals surface area contributed by atoms with E-state index in [9.17, 15) is 4.79 Å². The van der Waals surface area contributed by atoms with Gasteiger partial charge in [-0.25, -0.2) is 4.79 Å². The van der Waals surface area contributed by atoms with Crippen molar-refractivity contribution in [2.24, 2.45) is 5.92 Å². The number of hydrogen-bond donors (Lipinski definition) is 0. The molecule has 1 saturated heterocycles. The third-order valence-corrected chi connectivity index (χ3v) is 5.28. The molecule has 0 N–H and O–H groups in total. The number of ether oxygens (including phenoxy) is 3. The van der Waals surface area contributed by atoms with E-state index in [0.717, 1.165) is 31.7 Å². The molecule has 5 heteroatoms. The summed E-state index contributed by atoms with van der Waals surface area (Å²) >= 11 is 0. The number of nitrogens with zero attached hydrogens (tertiary/aromatic N) is 1. The molecule has 1 heterocycles. The van der Waals surface area contributed by atoms with Crippen LogP contribution in [0.25, 0.3) is 0 Å². The standard InChI is InChI=1S/C21H33NO4/c1-6-24-20(23)25-13-11-21(10-12-22(5)15-17(21)4)18-8-7-9-19(14-18)26-16(2)3/h7-9,14,16-17H,6,10-13,15H2,1-5H3/t17-,21-/m1/s1. The summed E-state index contributed by atoms with van der Waals surface area (Å²) in [6, 6.07) is 8.41. The highest BCUT2D eigenvalue weighted by Crippen LogP contribution is 2.43. The average molecular weight is 363 g/mol. The van der Waals surface area contributed by atoms with Crippen molar-refractivity contribution >= 4 is 6.16 Å². The first-order valence-corrected chi connectivity index (χ1v) is 9.62. The van der Waals surface area contributed by atoms with Crippen LogP contribution in [-0.2, 0) is 14.9 Å². The van der Waals surface area contributed by atoms with Gasteiger partial charge in [0.25, 0.3) is 0 Å². The number of likely N-dealkylation sites (tertiary alicyclic amines) is 1. The monoisotopic (exact) mass is 363 g/mol. The van der Waals surface area contributed by atoms with E-state index < -0.39 is 6.16 Å². The zero-order chi connectivity index (χ0) is 19.2. The quantitative estimate of drug-likeness (QED) is 0.678. The van der Waals surface area contributed by atoms with Gasteiger partial charge in [-0.3, -0.25) is 0 Å². The molecule has 1 aliphatic heterocycles. The van der Waals surface area contributed by atoms with Crippen LogP contribution in [0.2, 0.25) is 0 Å².